The first-order valence-electron chi connectivity index (χ1n) is 32.0. The predicted octanol–water partition coefficient (Wildman–Crippen LogP) is 17.4. The van der Waals surface area contributed by atoms with Gasteiger partial charge in [0.1, 0.15) is 11.6 Å². The summed E-state index contributed by atoms with van der Waals surface area (Å²) in [5.41, 5.74) is 0. The second-order valence-electron chi connectivity index (χ2n) is 22.2. The number of unbranched alkanes of at least 4 members (excludes halogenated alkanes) is 22. The van der Waals surface area contributed by atoms with E-state index in [9.17, 15) is 28.8 Å². The zero-order valence-electron chi connectivity index (χ0n) is 53.4. The van der Waals surface area contributed by atoms with Crippen molar-refractivity contribution in [3.05, 3.63) is 6.92 Å². The van der Waals surface area contributed by atoms with Gasteiger partial charge in [-0.3, -0.25) is 35.1 Å². The van der Waals surface area contributed by atoms with E-state index in [1.807, 2.05) is 6.92 Å². The Morgan fingerprint density at radius 2 is 0.709 bits per heavy atom. The van der Waals surface area contributed by atoms with Gasteiger partial charge in [-0.1, -0.05) is 216 Å². The zero-order valence-corrected chi connectivity index (χ0v) is 57.5. The third kappa shape index (κ3) is 70.1. The van der Waals surface area contributed by atoms with Crippen LogP contribution in [0.3, 0.4) is 0 Å². The van der Waals surface area contributed by atoms with Crippen LogP contribution in [0.4, 0.5) is 0 Å². The van der Waals surface area contributed by atoms with Crippen LogP contribution in [0.25, 0.3) is 0 Å². The molecule has 0 amide bonds. The molecule has 12 nitrogen and oxygen atoms in total. The molecule has 0 spiro atoms. The summed E-state index contributed by atoms with van der Waals surface area (Å²) in [7, 11) is 2.10. The molecule has 2 atom stereocenters. The standard InChI is InChI=1S/C28H52O6.C22H40O4.C9H20.C5H10N.C2H3O.U/c1-5-7-9-11-13-15-18-32-26(29)21-25(23-28(31)34-20-17-24(3)4)22-27(30)33-19-16-14-12-10-8-6-2;1-4-7-9-10-11-12-15-26-22(25)18-19(16-20(23)13-6-3)17-21(24)14-8-5-2;1-3-5-7-9-8-6-4-2;1-5-3-4-6(5)2;1-2-3;/h24-25H,5-23H2,1-4H3;19H,4-18H2,1-3H3;3-9H2,1-2H3;5H,1,3-4H2,2H3;1H3;/q;;;2*-1;+2. The summed E-state index contributed by atoms with van der Waals surface area (Å²) in [6.07, 6.45) is 38.5. The molecule has 0 aromatic carbocycles. The summed E-state index contributed by atoms with van der Waals surface area (Å²) in [5, 5.41) is 0. The normalized spacial score (nSPS) is 12.8. The summed E-state index contributed by atoms with van der Waals surface area (Å²) in [5.74, 6) is -1.29. The van der Waals surface area contributed by atoms with Gasteiger partial charge in [0.25, 0.3) is 0 Å². The maximum absolute atomic E-state index is 12.3. The second kappa shape index (κ2) is 68.4. The molecule has 2 unspecified atom stereocenters. The van der Waals surface area contributed by atoms with Crippen molar-refractivity contribution in [2.45, 2.75) is 319 Å². The number of ketones is 2. The molecule has 1 saturated heterocycles. The van der Waals surface area contributed by atoms with Crippen molar-refractivity contribution in [3.63, 3.8) is 0 Å². The molecular formula is C66H125NO11U. The minimum absolute atomic E-state index is 0. The Hall–Kier alpha value is -2.10. The summed E-state index contributed by atoms with van der Waals surface area (Å²) >= 11 is 0. The average Bonchev–Trinajstić information content (AvgIpc) is 3.39. The van der Waals surface area contributed by atoms with Gasteiger partial charge in [0.2, 0.25) is 0 Å². The van der Waals surface area contributed by atoms with Gasteiger partial charge in [0.05, 0.1) is 26.4 Å². The molecule has 464 valence electrons. The van der Waals surface area contributed by atoms with Crippen LogP contribution in [-0.4, -0.2) is 92.7 Å². The Labute approximate surface area is 511 Å². The van der Waals surface area contributed by atoms with Crippen LogP contribution < -0.4 is 0 Å². The molecule has 1 fully saturated rings. The van der Waals surface area contributed by atoms with Crippen LogP contribution in [-0.2, 0) is 52.5 Å². The van der Waals surface area contributed by atoms with Gasteiger partial charge in [0.15, 0.2) is 0 Å². The van der Waals surface area contributed by atoms with E-state index in [4.69, 9.17) is 23.7 Å². The molecule has 0 N–H and O–H groups in total. The number of likely N-dealkylation sites (tertiary alicyclic amines) is 1. The number of hydrogen-bond acceptors (Lipinski definition) is 12. The van der Waals surface area contributed by atoms with Crippen molar-refractivity contribution < 1.29 is 83.6 Å². The van der Waals surface area contributed by atoms with E-state index < -0.39 is 5.92 Å². The van der Waals surface area contributed by atoms with E-state index in [1.165, 1.54) is 135 Å². The molecule has 0 saturated carbocycles. The van der Waals surface area contributed by atoms with E-state index in [0.29, 0.717) is 64.1 Å². The fourth-order valence-electron chi connectivity index (χ4n) is 8.33. The van der Waals surface area contributed by atoms with Crippen LogP contribution >= 0.6 is 0 Å². The van der Waals surface area contributed by atoms with Gasteiger partial charge in [-0.25, -0.2) is 0 Å². The van der Waals surface area contributed by atoms with Crippen LogP contribution in [0.1, 0.15) is 313 Å². The molecule has 0 aromatic rings. The zero-order chi connectivity index (χ0) is 59.3. The van der Waals surface area contributed by atoms with Gasteiger partial charge in [-0.2, -0.15) is 6.92 Å². The SMILES string of the molecule is CCCCCCCCC.CCCCCCCCOC(=O)CC(CC(=O)CCC)CC(=O)CCCC.CCCCCCCCOC(=O)CC(CC(=O)OCCCCCCCC)CC(=O)OCCC(C)C.C[C-]=O.[CH2-]C1CCN1C.[U+2]. The smallest absolute Gasteiger partial charge is 0.542 e. The van der Waals surface area contributed by atoms with Crippen molar-refractivity contribution >= 4 is 41.7 Å². The van der Waals surface area contributed by atoms with Crippen molar-refractivity contribution in [1.82, 2.24) is 4.90 Å². The van der Waals surface area contributed by atoms with Crippen molar-refractivity contribution in [2.75, 3.05) is 40.0 Å². The Kier molecular flexibility index (Phi) is 74.2. The third-order valence-corrected chi connectivity index (χ3v) is 13.6. The molecule has 1 rings (SSSR count). The first-order chi connectivity index (χ1) is 37.5. The van der Waals surface area contributed by atoms with Crippen molar-refractivity contribution in [1.29, 1.82) is 0 Å². The van der Waals surface area contributed by atoms with Crippen LogP contribution in [0, 0.1) is 55.8 Å². The fraction of sp³-hybridized carbons (Fsp3) is 0.879. The molecule has 79 heavy (non-hydrogen) atoms. The second-order valence-corrected chi connectivity index (χ2v) is 22.2. The van der Waals surface area contributed by atoms with Crippen molar-refractivity contribution in [2.24, 2.45) is 17.8 Å². The number of Topliss-reactive ketones (excluding diaryl/α,β-unsaturated/α-hetero) is 2. The minimum atomic E-state index is -0.458. The largest absolute Gasteiger partial charge is 2.00 e. The summed E-state index contributed by atoms with van der Waals surface area (Å²) < 4.78 is 21.3. The van der Waals surface area contributed by atoms with E-state index in [-0.39, 0.29) is 98.2 Å². The monoisotopic (exact) mass is 1350 g/mol. The quantitative estimate of drug-likeness (QED) is 0.0246. The Morgan fingerprint density at radius 1 is 0.443 bits per heavy atom. The Balaban J connectivity index is -0.000000352. The molecule has 1 heterocycles. The van der Waals surface area contributed by atoms with E-state index >= 15 is 0 Å². The number of nitrogens with zero attached hydrogens (tertiary/aromatic N) is 1. The molecule has 1 aliphatic rings. The number of rotatable bonds is 47. The summed E-state index contributed by atoms with van der Waals surface area (Å²) in [6, 6.07) is 0.616. The molecule has 13 heteroatoms. The fourth-order valence-corrected chi connectivity index (χ4v) is 8.33. The number of carbonyl (C=O) groups excluding carboxylic acids is 7. The number of hydrogen-bond donors (Lipinski definition) is 0. The first-order valence-corrected chi connectivity index (χ1v) is 32.0. The third-order valence-electron chi connectivity index (χ3n) is 13.6. The molecule has 0 bridgehead atoms. The van der Waals surface area contributed by atoms with E-state index in [2.05, 4.69) is 74.3 Å². The van der Waals surface area contributed by atoms with Crippen LogP contribution in [0.2, 0.25) is 0 Å². The Bertz CT molecular complexity index is 1330. The Morgan fingerprint density at radius 3 is 0.962 bits per heavy atom. The first kappa shape index (κ1) is 85.7. The predicted molar refractivity (Wildman–Crippen MR) is 324 cm³/mol. The summed E-state index contributed by atoms with van der Waals surface area (Å²) in [6.45, 7) is 27.2. The molecule has 0 aliphatic carbocycles. The molecule has 0 radical (unpaired) electrons. The van der Waals surface area contributed by atoms with Crippen LogP contribution in [0.5, 0.6) is 0 Å². The average molecular weight is 1350 g/mol. The molecule has 0 aromatic heterocycles. The van der Waals surface area contributed by atoms with Crippen molar-refractivity contribution in [3.8, 4) is 0 Å². The number of carbonyl (C=O) groups is 6. The van der Waals surface area contributed by atoms with Gasteiger partial charge < -0.3 is 35.6 Å². The maximum Gasteiger partial charge on any atom is 2.00 e. The number of ether oxygens (including phenoxy) is 4. The van der Waals surface area contributed by atoms with E-state index in [0.717, 1.165) is 77.0 Å². The summed E-state index contributed by atoms with van der Waals surface area (Å²) in [4.78, 5) is 83.9. The van der Waals surface area contributed by atoms with Gasteiger partial charge in [0, 0.05) is 51.4 Å². The van der Waals surface area contributed by atoms with Gasteiger partial charge >= 0.3 is 55.0 Å². The maximum atomic E-state index is 12.3. The minimum Gasteiger partial charge on any atom is -0.542 e. The topological polar surface area (TPSA) is 160 Å². The van der Waals surface area contributed by atoms with Gasteiger partial charge in [-0.15, -0.1) is 6.04 Å². The molecule has 1 aliphatic heterocycles. The van der Waals surface area contributed by atoms with Crippen LogP contribution in [0.15, 0.2) is 0 Å². The van der Waals surface area contributed by atoms with Gasteiger partial charge in [-0.05, 0) is 69.9 Å². The number of esters is 4. The molecular weight excluding hydrogens is 1220 g/mol. The van der Waals surface area contributed by atoms with E-state index in [1.54, 1.807) is 0 Å².